The van der Waals surface area contributed by atoms with Gasteiger partial charge in [-0.15, -0.1) is 0 Å². The number of methoxy groups -OCH3 is 1. The molecule has 5 nitrogen and oxygen atoms in total. The second kappa shape index (κ2) is 6.05. The highest BCUT2D eigenvalue weighted by molar-refractivity contribution is 6.11. The first-order valence-corrected chi connectivity index (χ1v) is 6.79. The number of esters is 1. The van der Waals surface area contributed by atoms with Gasteiger partial charge in [0.05, 0.1) is 12.8 Å². The SMILES string of the molecule is COC(=O)C1(N(O)c2ccccc2)CCCCCC1=O. The van der Waals surface area contributed by atoms with Gasteiger partial charge in [0.15, 0.2) is 5.78 Å². The highest BCUT2D eigenvalue weighted by Crippen LogP contribution is 2.33. The molecule has 108 valence electrons. The number of ketones is 1. The molecule has 0 radical (unpaired) electrons. The third kappa shape index (κ3) is 2.41. The molecule has 0 aliphatic heterocycles. The summed E-state index contributed by atoms with van der Waals surface area (Å²) in [6.45, 7) is 0. The van der Waals surface area contributed by atoms with Gasteiger partial charge in [-0.05, 0) is 31.4 Å². The number of anilines is 1. The van der Waals surface area contributed by atoms with E-state index in [9.17, 15) is 14.8 Å². The predicted molar refractivity (Wildman–Crippen MR) is 73.5 cm³/mol. The lowest BCUT2D eigenvalue weighted by Gasteiger charge is -2.36. The molecular weight excluding hydrogens is 258 g/mol. The standard InChI is InChI=1S/C15H19NO4/c1-20-14(18)15(11-7-3-6-10-13(15)17)16(19)12-8-4-2-5-9-12/h2,4-5,8-9,19H,3,6-7,10-11H2,1H3. The molecule has 1 atom stereocenters. The van der Waals surface area contributed by atoms with E-state index in [-0.39, 0.29) is 18.6 Å². The molecule has 1 aromatic rings. The number of carbonyl (C=O) groups excluding carboxylic acids is 2. The Morgan fingerprint density at radius 2 is 1.95 bits per heavy atom. The normalized spacial score (nSPS) is 23.0. The first-order valence-electron chi connectivity index (χ1n) is 6.79. The molecule has 0 bridgehead atoms. The Kier molecular flexibility index (Phi) is 4.39. The number of hydrogen-bond acceptors (Lipinski definition) is 5. The van der Waals surface area contributed by atoms with Crippen LogP contribution in [0.4, 0.5) is 5.69 Å². The van der Waals surface area contributed by atoms with Crippen molar-refractivity contribution in [2.45, 2.75) is 37.6 Å². The molecule has 1 N–H and O–H groups in total. The van der Waals surface area contributed by atoms with Crippen LogP contribution in [0.2, 0.25) is 0 Å². The molecule has 1 saturated carbocycles. The zero-order chi connectivity index (χ0) is 14.6. The number of Topliss-reactive ketones (excluding diaryl/α,β-unsaturated/α-hetero) is 1. The molecule has 2 rings (SSSR count). The quantitative estimate of drug-likeness (QED) is 0.397. The van der Waals surface area contributed by atoms with Crippen molar-refractivity contribution in [1.82, 2.24) is 0 Å². The van der Waals surface area contributed by atoms with E-state index in [0.717, 1.165) is 17.9 Å². The van der Waals surface area contributed by atoms with Crippen molar-refractivity contribution in [2.24, 2.45) is 0 Å². The van der Waals surface area contributed by atoms with Crippen LogP contribution in [0.5, 0.6) is 0 Å². The maximum Gasteiger partial charge on any atom is 0.342 e. The van der Waals surface area contributed by atoms with Crippen molar-refractivity contribution >= 4 is 17.4 Å². The van der Waals surface area contributed by atoms with Gasteiger partial charge in [-0.1, -0.05) is 24.6 Å². The lowest BCUT2D eigenvalue weighted by molar-refractivity contribution is -0.154. The van der Waals surface area contributed by atoms with E-state index >= 15 is 0 Å². The fourth-order valence-electron chi connectivity index (χ4n) is 2.67. The Hall–Kier alpha value is -1.88. The third-order valence-electron chi connectivity index (χ3n) is 3.79. The van der Waals surface area contributed by atoms with Crippen LogP contribution in [0.3, 0.4) is 0 Å². The van der Waals surface area contributed by atoms with Crippen molar-refractivity contribution in [3.63, 3.8) is 0 Å². The average molecular weight is 277 g/mol. The molecule has 0 saturated heterocycles. The number of carbonyl (C=O) groups is 2. The minimum Gasteiger partial charge on any atom is -0.467 e. The summed E-state index contributed by atoms with van der Waals surface area (Å²) in [6, 6.07) is 8.60. The number of para-hydroxylation sites is 1. The van der Waals surface area contributed by atoms with E-state index < -0.39 is 11.5 Å². The number of hydroxylamine groups is 1. The van der Waals surface area contributed by atoms with Crippen LogP contribution >= 0.6 is 0 Å². The summed E-state index contributed by atoms with van der Waals surface area (Å²) in [5, 5.41) is 11.3. The Bertz CT molecular complexity index is 488. The van der Waals surface area contributed by atoms with Crippen molar-refractivity contribution in [3.8, 4) is 0 Å². The summed E-state index contributed by atoms with van der Waals surface area (Å²) < 4.78 is 4.80. The molecule has 1 fully saturated rings. The Morgan fingerprint density at radius 3 is 2.60 bits per heavy atom. The van der Waals surface area contributed by atoms with Gasteiger partial charge in [0.1, 0.15) is 0 Å². The molecule has 5 heteroatoms. The van der Waals surface area contributed by atoms with E-state index in [1.54, 1.807) is 30.3 Å². The van der Waals surface area contributed by atoms with Gasteiger partial charge in [0, 0.05) is 6.42 Å². The molecule has 0 amide bonds. The topological polar surface area (TPSA) is 66.8 Å². The summed E-state index contributed by atoms with van der Waals surface area (Å²) in [6.07, 6.45) is 2.85. The van der Waals surface area contributed by atoms with E-state index in [4.69, 9.17) is 4.74 Å². The molecule has 20 heavy (non-hydrogen) atoms. The highest BCUT2D eigenvalue weighted by Gasteiger charge is 2.52. The first kappa shape index (κ1) is 14.5. The molecule has 1 unspecified atom stereocenters. The zero-order valence-corrected chi connectivity index (χ0v) is 11.5. The maximum atomic E-state index is 12.4. The van der Waals surface area contributed by atoms with Crippen LogP contribution in [0.25, 0.3) is 0 Å². The molecule has 1 aliphatic rings. The van der Waals surface area contributed by atoms with Crippen LogP contribution in [0.1, 0.15) is 32.1 Å². The van der Waals surface area contributed by atoms with Crippen LogP contribution in [0, 0.1) is 0 Å². The predicted octanol–water partition coefficient (Wildman–Crippen LogP) is 2.33. The van der Waals surface area contributed by atoms with E-state index in [1.807, 2.05) is 0 Å². The number of ether oxygens (including phenoxy) is 1. The summed E-state index contributed by atoms with van der Waals surface area (Å²) in [5.74, 6) is -0.982. The van der Waals surface area contributed by atoms with Crippen molar-refractivity contribution in [1.29, 1.82) is 0 Å². The second-order valence-electron chi connectivity index (χ2n) is 4.98. The minimum absolute atomic E-state index is 0.268. The fraction of sp³-hybridized carbons (Fsp3) is 0.467. The Labute approximate surface area is 118 Å². The van der Waals surface area contributed by atoms with E-state index in [2.05, 4.69) is 0 Å². The van der Waals surface area contributed by atoms with Gasteiger partial charge >= 0.3 is 5.97 Å². The molecule has 0 aromatic heterocycles. The average Bonchev–Trinajstić information content (AvgIpc) is 2.69. The molecule has 0 heterocycles. The highest BCUT2D eigenvalue weighted by atomic mass is 16.5. The number of benzene rings is 1. The first-order chi connectivity index (χ1) is 9.63. The number of hydrogen-bond donors (Lipinski definition) is 1. The van der Waals surface area contributed by atoms with Gasteiger partial charge in [-0.3, -0.25) is 10.0 Å². The Balaban J connectivity index is 2.45. The summed E-state index contributed by atoms with van der Waals surface area (Å²) in [5.41, 5.74) is -1.21. The van der Waals surface area contributed by atoms with Crippen molar-refractivity contribution in [3.05, 3.63) is 30.3 Å². The molecule has 1 aromatic carbocycles. The van der Waals surface area contributed by atoms with Gasteiger partial charge in [-0.25, -0.2) is 9.86 Å². The lowest BCUT2D eigenvalue weighted by atomic mass is 9.88. The van der Waals surface area contributed by atoms with E-state index in [1.165, 1.54) is 7.11 Å². The van der Waals surface area contributed by atoms with Crippen molar-refractivity contribution < 1.29 is 19.5 Å². The zero-order valence-electron chi connectivity index (χ0n) is 11.5. The summed E-state index contributed by atoms with van der Waals surface area (Å²) in [4.78, 5) is 24.7. The third-order valence-corrected chi connectivity index (χ3v) is 3.79. The molecule has 0 spiro atoms. The summed E-state index contributed by atoms with van der Waals surface area (Å²) >= 11 is 0. The summed E-state index contributed by atoms with van der Waals surface area (Å²) in [7, 11) is 1.24. The molecule has 1 aliphatic carbocycles. The van der Waals surface area contributed by atoms with Gasteiger partial charge in [0.25, 0.3) is 0 Å². The Morgan fingerprint density at radius 1 is 1.25 bits per heavy atom. The second-order valence-corrected chi connectivity index (χ2v) is 4.98. The van der Waals surface area contributed by atoms with Gasteiger partial charge in [0.2, 0.25) is 5.54 Å². The smallest absolute Gasteiger partial charge is 0.342 e. The lowest BCUT2D eigenvalue weighted by Crippen LogP contribution is -2.59. The maximum absolute atomic E-state index is 12.4. The van der Waals surface area contributed by atoms with Crippen LogP contribution in [-0.2, 0) is 14.3 Å². The van der Waals surface area contributed by atoms with Crippen molar-refractivity contribution in [2.75, 3.05) is 12.2 Å². The van der Waals surface area contributed by atoms with Crippen LogP contribution < -0.4 is 5.06 Å². The monoisotopic (exact) mass is 277 g/mol. The van der Waals surface area contributed by atoms with Crippen LogP contribution in [0.15, 0.2) is 30.3 Å². The van der Waals surface area contributed by atoms with E-state index in [0.29, 0.717) is 12.1 Å². The molecular formula is C15H19NO4. The minimum atomic E-state index is -1.62. The number of rotatable bonds is 3. The van der Waals surface area contributed by atoms with Crippen LogP contribution in [-0.4, -0.2) is 29.6 Å². The van der Waals surface area contributed by atoms with Gasteiger partial charge in [-0.2, -0.15) is 0 Å². The fourth-order valence-corrected chi connectivity index (χ4v) is 2.67. The largest absolute Gasteiger partial charge is 0.467 e. The van der Waals surface area contributed by atoms with Gasteiger partial charge < -0.3 is 4.74 Å². The number of nitrogens with zero attached hydrogens (tertiary/aromatic N) is 1.